The summed E-state index contributed by atoms with van der Waals surface area (Å²) in [6.45, 7) is 4.49. The molecule has 3 amide bonds. The summed E-state index contributed by atoms with van der Waals surface area (Å²) in [7, 11) is 0. The van der Waals surface area contributed by atoms with Gasteiger partial charge in [-0.25, -0.2) is 4.79 Å². The summed E-state index contributed by atoms with van der Waals surface area (Å²) in [6, 6.07) is -0.497. The maximum Gasteiger partial charge on any atom is 0.321 e. The van der Waals surface area contributed by atoms with Gasteiger partial charge in [-0.2, -0.15) is 0 Å². The molecule has 0 rings (SSSR count). The number of carbonyl (C=O) groups is 1. The number of hydrogen-bond donors (Lipinski definition) is 2. The lowest BCUT2D eigenvalue weighted by atomic mass is 10.2. The molecule has 57 valence electrons. The first-order valence-corrected chi connectivity index (χ1v) is 3.07. The zero-order valence-electron chi connectivity index (χ0n) is 6.10. The quantitative estimate of drug-likeness (QED) is 0.547. The second-order valence-corrected chi connectivity index (χ2v) is 2.33. The van der Waals surface area contributed by atoms with Crippen LogP contribution in [0.2, 0.25) is 0 Å². The molecule has 0 spiro atoms. The summed E-state index contributed by atoms with van der Waals surface area (Å²) in [4.78, 5) is 20.0. The first kappa shape index (κ1) is 8.94. The monoisotopic (exact) mass is 143 g/mol. The normalized spacial score (nSPS) is 9.10. The predicted octanol–water partition coefficient (Wildman–Crippen LogP) is 0.00880. The number of urea groups is 1. The molecule has 0 aromatic carbocycles. The standard InChI is InChI=1S/C6H11N2O2/c1-5(2)3-7-6(10)8-4-9/h5H,3H2,1-2H3,(H2,7,8,9,10). The van der Waals surface area contributed by atoms with Crippen molar-refractivity contribution in [2.75, 3.05) is 6.54 Å². The minimum Gasteiger partial charge on any atom is -0.338 e. The Kier molecular flexibility index (Phi) is 4.28. The summed E-state index contributed by atoms with van der Waals surface area (Å²) < 4.78 is 0. The smallest absolute Gasteiger partial charge is 0.321 e. The van der Waals surface area contributed by atoms with Gasteiger partial charge in [-0.1, -0.05) is 13.8 Å². The van der Waals surface area contributed by atoms with E-state index in [-0.39, 0.29) is 0 Å². The van der Waals surface area contributed by atoms with E-state index in [9.17, 15) is 9.59 Å². The van der Waals surface area contributed by atoms with Crippen LogP contribution in [0.5, 0.6) is 0 Å². The number of amides is 3. The number of hydrogen-bond acceptors (Lipinski definition) is 2. The SMILES string of the molecule is CC(C)CNC(=O)N[C]=O. The number of imide groups is 1. The molecule has 2 N–H and O–H groups in total. The molecule has 4 nitrogen and oxygen atoms in total. The Hall–Kier alpha value is -1.06. The summed E-state index contributed by atoms with van der Waals surface area (Å²) >= 11 is 0. The lowest BCUT2D eigenvalue weighted by Gasteiger charge is -2.04. The third-order valence-electron chi connectivity index (χ3n) is 0.835. The first-order valence-electron chi connectivity index (χ1n) is 3.07. The van der Waals surface area contributed by atoms with E-state index in [0.29, 0.717) is 12.5 Å². The second-order valence-electron chi connectivity index (χ2n) is 2.33. The Labute approximate surface area is 60.0 Å². The lowest BCUT2D eigenvalue weighted by Crippen LogP contribution is -2.36. The summed E-state index contributed by atoms with van der Waals surface area (Å²) in [5.74, 6) is 0.386. The van der Waals surface area contributed by atoms with Crippen molar-refractivity contribution < 1.29 is 9.59 Å². The minimum atomic E-state index is -0.497. The summed E-state index contributed by atoms with van der Waals surface area (Å²) in [5.41, 5.74) is 0. The van der Waals surface area contributed by atoms with E-state index in [4.69, 9.17) is 0 Å². The molecule has 0 aliphatic heterocycles. The highest BCUT2D eigenvalue weighted by atomic mass is 16.2. The van der Waals surface area contributed by atoms with E-state index >= 15 is 0 Å². The van der Waals surface area contributed by atoms with Gasteiger partial charge in [-0.3, -0.25) is 10.1 Å². The van der Waals surface area contributed by atoms with Gasteiger partial charge in [0.05, 0.1) is 0 Å². The van der Waals surface area contributed by atoms with Crippen LogP contribution in [-0.2, 0) is 4.79 Å². The van der Waals surface area contributed by atoms with E-state index in [1.807, 2.05) is 19.2 Å². The zero-order valence-corrected chi connectivity index (χ0v) is 6.10. The molecule has 0 bridgehead atoms. The summed E-state index contributed by atoms with van der Waals surface area (Å²) in [5, 5.41) is 4.32. The van der Waals surface area contributed by atoms with Gasteiger partial charge in [0.25, 0.3) is 0 Å². The molecule has 10 heavy (non-hydrogen) atoms. The molecule has 0 atom stereocenters. The number of rotatable bonds is 3. The van der Waals surface area contributed by atoms with Crippen molar-refractivity contribution in [3.05, 3.63) is 0 Å². The van der Waals surface area contributed by atoms with Crippen LogP contribution in [0.3, 0.4) is 0 Å². The summed E-state index contributed by atoms with van der Waals surface area (Å²) in [6.07, 6.45) is 1.28. The van der Waals surface area contributed by atoms with Crippen molar-refractivity contribution in [2.45, 2.75) is 13.8 Å². The highest BCUT2D eigenvalue weighted by Crippen LogP contribution is 1.85. The van der Waals surface area contributed by atoms with Crippen LogP contribution in [0.15, 0.2) is 0 Å². The maximum absolute atomic E-state index is 10.5. The molecule has 0 aromatic rings. The molecule has 0 aliphatic rings. The fraction of sp³-hybridized carbons (Fsp3) is 0.667. The van der Waals surface area contributed by atoms with Crippen LogP contribution >= 0.6 is 0 Å². The van der Waals surface area contributed by atoms with Crippen molar-refractivity contribution in [1.82, 2.24) is 10.6 Å². The van der Waals surface area contributed by atoms with E-state index in [1.165, 1.54) is 6.41 Å². The fourth-order valence-electron chi connectivity index (χ4n) is 0.387. The van der Waals surface area contributed by atoms with Crippen molar-refractivity contribution in [2.24, 2.45) is 5.92 Å². The molecular formula is C6H11N2O2. The lowest BCUT2D eigenvalue weighted by molar-refractivity contribution is 0.243. The average molecular weight is 143 g/mol. The number of carbonyl (C=O) groups excluding carboxylic acids is 2. The molecule has 1 radical (unpaired) electrons. The van der Waals surface area contributed by atoms with Gasteiger partial charge >= 0.3 is 12.4 Å². The van der Waals surface area contributed by atoms with Gasteiger partial charge in [0.1, 0.15) is 0 Å². The minimum absolute atomic E-state index is 0.386. The van der Waals surface area contributed by atoms with Crippen LogP contribution in [0.25, 0.3) is 0 Å². The van der Waals surface area contributed by atoms with E-state index in [0.717, 1.165) is 0 Å². The third kappa shape index (κ3) is 5.08. The molecule has 0 unspecified atom stereocenters. The molecule has 0 heterocycles. The highest BCUT2D eigenvalue weighted by Gasteiger charge is 1.98. The van der Waals surface area contributed by atoms with Gasteiger partial charge in [-0.05, 0) is 5.92 Å². The van der Waals surface area contributed by atoms with Gasteiger partial charge in [0, 0.05) is 6.54 Å². The third-order valence-corrected chi connectivity index (χ3v) is 0.835. The van der Waals surface area contributed by atoms with E-state index < -0.39 is 6.03 Å². The van der Waals surface area contributed by atoms with Gasteiger partial charge in [0.2, 0.25) is 0 Å². The topological polar surface area (TPSA) is 58.2 Å². The molecule has 0 fully saturated rings. The Bertz CT molecular complexity index is 123. The fourth-order valence-corrected chi connectivity index (χ4v) is 0.387. The van der Waals surface area contributed by atoms with Crippen molar-refractivity contribution in [3.63, 3.8) is 0 Å². The van der Waals surface area contributed by atoms with Gasteiger partial charge in [0.15, 0.2) is 0 Å². The molecule has 4 heteroatoms. The van der Waals surface area contributed by atoms with Crippen molar-refractivity contribution in [3.8, 4) is 0 Å². The van der Waals surface area contributed by atoms with Crippen molar-refractivity contribution in [1.29, 1.82) is 0 Å². The van der Waals surface area contributed by atoms with Crippen LogP contribution in [0, 0.1) is 5.92 Å². The Morgan fingerprint density at radius 2 is 2.20 bits per heavy atom. The maximum atomic E-state index is 10.5. The predicted molar refractivity (Wildman–Crippen MR) is 37.1 cm³/mol. The molecular weight excluding hydrogens is 132 g/mol. The second kappa shape index (κ2) is 4.78. The van der Waals surface area contributed by atoms with Gasteiger partial charge < -0.3 is 5.32 Å². The van der Waals surface area contributed by atoms with Crippen molar-refractivity contribution >= 4 is 12.4 Å². The van der Waals surface area contributed by atoms with Gasteiger partial charge in [-0.15, -0.1) is 0 Å². The Morgan fingerprint density at radius 1 is 1.60 bits per heavy atom. The van der Waals surface area contributed by atoms with E-state index in [2.05, 4.69) is 5.32 Å². The van der Waals surface area contributed by atoms with Crippen LogP contribution in [0.1, 0.15) is 13.8 Å². The highest BCUT2D eigenvalue weighted by molar-refractivity contribution is 5.84. The molecule has 0 aliphatic carbocycles. The zero-order chi connectivity index (χ0) is 7.98. The Morgan fingerprint density at radius 3 is 2.60 bits per heavy atom. The van der Waals surface area contributed by atoms with Crippen LogP contribution in [-0.4, -0.2) is 19.0 Å². The molecule has 0 saturated carbocycles. The van der Waals surface area contributed by atoms with Crippen LogP contribution in [0.4, 0.5) is 4.79 Å². The van der Waals surface area contributed by atoms with E-state index in [1.54, 1.807) is 0 Å². The largest absolute Gasteiger partial charge is 0.338 e. The molecule has 0 saturated heterocycles. The first-order chi connectivity index (χ1) is 4.66. The number of nitrogens with one attached hydrogen (secondary N) is 2. The van der Waals surface area contributed by atoms with Crippen LogP contribution < -0.4 is 10.6 Å². The average Bonchev–Trinajstić information content (AvgIpc) is 1.85. The Balaban J connectivity index is 3.30. The molecule has 0 aromatic heterocycles.